The van der Waals surface area contributed by atoms with Crippen molar-refractivity contribution < 1.29 is 30.7 Å². The van der Waals surface area contributed by atoms with Crippen LogP contribution < -0.4 is 0 Å². The number of hydrogen-bond acceptors (Lipinski definition) is 4. The van der Waals surface area contributed by atoms with E-state index in [-0.39, 0.29) is 11.4 Å². The van der Waals surface area contributed by atoms with Gasteiger partial charge in [-0.15, -0.1) is 0 Å². The maximum Gasteiger partial charge on any atom is 0.395 e. The summed E-state index contributed by atoms with van der Waals surface area (Å²) in [6.45, 7) is 2.63. The molecular formula is C24H35F4NO3S. The summed E-state index contributed by atoms with van der Waals surface area (Å²) in [6.07, 6.45) is 6.34. The smallest absolute Gasteiger partial charge is 0.378 e. The van der Waals surface area contributed by atoms with Gasteiger partial charge in [-0.3, -0.25) is 0 Å². The first-order chi connectivity index (χ1) is 15.5. The van der Waals surface area contributed by atoms with Crippen LogP contribution in [0, 0.1) is 17.2 Å². The number of piperidine rings is 1. The number of benzene rings is 1. The highest BCUT2D eigenvalue weighted by atomic mass is 32.2. The molecule has 0 radical (unpaired) electrons. The second-order valence-corrected chi connectivity index (χ2v) is 11.8. The maximum absolute atomic E-state index is 13.0. The molecule has 0 aromatic heterocycles. The zero-order valence-corrected chi connectivity index (χ0v) is 20.1. The van der Waals surface area contributed by atoms with Crippen LogP contribution in [0.25, 0.3) is 0 Å². The van der Waals surface area contributed by atoms with Crippen molar-refractivity contribution in [3.05, 3.63) is 30.1 Å². The van der Waals surface area contributed by atoms with Gasteiger partial charge < -0.3 is 9.64 Å². The minimum atomic E-state index is -4.02. The van der Waals surface area contributed by atoms with Gasteiger partial charge in [0.25, 0.3) is 0 Å². The monoisotopic (exact) mass is 493 g/mol. The molecule has 0 spiro atoms. The van der Waals surface area contributed by atoms with E-state index < -0.39 is 27.2 Å². The SMILES string of the molecule is CS(=O)(=O)c1cccc(F)c1.FC(F)(F)C1(CN2CCC(COC3CCCCC3)CC2)CC1. The van der Waals surface area contributed by atoms with E-state index in [1.54, 1.807) is 0 Å². The second-order valence-electron chi connectivity index (χ2n) is 9.82. The van der Waals surface area contributed by atoms with Crippen LogP contribution in [0.4, 0.5) is 17.6 Å². The molecule has 0 amide bonds. The fourth-order valence-electron chi connectivity index (χ4n) is 4.62. The molecule has 4 rings (SSSR count). The average Bonchev–Trinajstić information content (AvgIpc) is 3.55. The third-order valence-electron chi connectivity index (χ3n) is 7.03. The number of alkyl halides is 3. The molecule has 1 aromatic carbocycles. The summed E-state index contributed by atoms with van der Waals surface area (Å²) in [4.78, 5) is 2.04. The molecule has 3 fully saturated rings. The minimum Gasteiger partial charge on any atom is -0.378 e. The van der Waals surface area contributed by atoms with Gasteiger partial charge in [-0.2, -0.15) is 13.2 Å². The van der Waals surface area contributed by atoms with Gasteiger partial charge in [0, 0.05) is 19.4 Å². The van der Waals surface area contributed by atoms with Crippen molar-refractivity contribution in [2.75, 3.05) is 32.5 Å². The van der Waals surface area contributed by atoms with Crippen molar-refractivity contribution in [1.82, 2.24) is 4.90 Å². The summed E-state index contributed by atoms with van der Waals surface area (Å²) in [7, 11) is -3.27. The quantitative estimate of drug-likeness (QED) is 0.483. The van der Waals surface area contributed by atoms with E-state index in [0.717, 1.165) is 44.9 Å². The highest BCUT2D eigenvalue weighted by Gasteiger charge is 2.63. The Labute approximate surface area is 194 Å². The number of nitrogens with zero attached hydrogens (tertiary/aromatic N) is 1. The van der Waals surface area contributed by atoms with Crippen LogP contribution in [0.15, 0.2) is 29.2 Å². The summed E-state index contributed by atoms with van der Waals surface area (Å²) in [5.74, 6) is 0.00661. The van der Waals surface area contributed by atoms with Crippen LogP contribution in [0.2, 0.25) is 0 Å². The normalized spacial score (nSPS) is 22.5. The minimum absolute atomic E-state index is 0.0116. The van der Waals surface area contributed by atoms with E-state index in [4.69, 9.17) is 4.74 Å². The van der Waals surface area contributed by atoms with Crippen molar-refractivity contribution in [2.45, 2.75) is 75.0 Å². The maximum atomic E-state index is 13.0. The van der Waals surface area contributed by atoms with Crippen LogP contribution >= 0.6 is 0 Å². The first-order valence-electron chi connectivity index (χ1n) is 11.8. The number of sulfone groups is 1. The Morgan fingerprint density at radius 1 is 1.06 bits per heavy atom. The third-order valence-corrected chi connectivity index (χ3v) is 8.14. The summed E-state index contributed by atoms with van der Waals surface area (Å²) in [6, 6.07) is 4.92. The van der Waals surface area contributed by atoms with E-state index in [1.165, 1.54) is 50.3 Å². The Morgan fingerprint density at radius 3 is 2.18 bits per heavy atom. The van der Waals surface area contributed by atoms with Gasteiger partial charge in [-0.25, -0.2) is 12.8 Å². The van der Waals surface area contributed by atoms with Crippen molar-refractivity contribution in [2.24, 2.45) is 11.3 Å². The molecule has 0 bridgehead atoms. The molecule has 0 atom stereocenters. The van der Waals surface area contributed by atoms with Crippen molar-refractivity contribution in [3.8, 4) is 0 Å². The standard InChI is InChI=1S/C17H28F3NO.C7H7FO2S/c18-17(19,20)16(8-9-16)13-21-10-6-14(7-11-21)12-22-15-4-2-1-3-5-15;1-11(9,10)7-4-2-3-6(8)5-7/h14-15H,1-13H2;2-5H,1H3. The fraction of sp³-hybridized carbons (Fsp3) is 0.750. The molecule has 0 unspecified atom stereocenters. The molecule has 1 aliphatic heterocycles. The van der Waals surface area contributed by atoms with Crippen molar-refractivity contribution in [1.29, 1.82) is 0 Å². The summed E-state index contributed by atoms with van der Waals surface area (Å²) in [5, 5.41) is 0. The largest absolute Gasteiger partial charge is 0.395 e. The highest BCUT2D eigenvalue weighted by molar-refractivity contribution is 7.90. The zero-order chi connectivity index (χ0) is 24.1. The molecule has 2 saturated carbocycles. The predicted octanol–water partition coefficient (Wildman–Crippen LogP) is 5.62. The number of ether oxygens (including phenoxy) is 1. The van der Waals surface area contributed by atoms with Crippen molar-refractivity contribution >= 4 is 9.84 Å². The van der Waals surface area contributed by atoms with E-state index in [0.29, 0.717) is 24.9 Å². The van der Waals surface area contributed by atoms with E-state index in [2.05, 4.69) is 0 Å². The lowest BCUT2D eigenvalue weighted by Crippen LogP contribution is -2.43. The van der Waals surface area contributed by atoms with Gasteiger partial charge in [0.2, 0.25) is 0 Å². The molecular weight excluding hydrogens is 458 g/mol. The Balaban J connectivity index is 0.000000235. The average molecular weight is 494 g/mol. The van der Waals surface area contributed by atoms with E-state index >= 15 is 0 Å². The van der Waals surface area contributed by atoms with Gasteiger partial charge in [0.05, 0.1) is 16.4 Å². The van der Waals surface area contributed by atoms with Crippen molar-refractivity contribution in [3.63, 3.8) is 0 Å². The predicted molar refractivity (Wildman–Crippen MR) is 119 cm³/mol. The highest BCUT2D eigenvalue weighted by Crippen LogP contribution is 2.58. The first kappa shape index (κ1) is 26.4. The number of rotatable bonds is 6. The Kier molecular flexibility index (Phi) is 8.83. The fourth-order valence-corrected chi connectivity index (χ4v) is 5.28. The molecule has 1 heterocycles. The van der Waals surface area contributed by atoms with Gasteiger partial charge in [-0.05, 0) is 75.7 Å². The van der Waals surface area contributed by atoms with Crippen LogP contribution in [-0.4, -0.2) is 58.1 Å². The van der Waals surface area contributed by atoms with E-state index in [9.17, 15) is 26.0 Å². The van der Waals surface area contributed by atoms with Gasteiger partial charge in [-0.1, -0.05) is 25.3 Å². The second kappa shape index (κ2) is 11.0. The molecule has 188 valence electrons. The molecule has 3 aliphatic rings. The molecule has 9 heteroatoms. The Bertz CT molecular complexity index is 857. The first-order valence-corrected chi connectivity index (χ1v) is 13.7. The summed E-state index contributed by atoms with van der Waals surface area (Å²) in [5.41, 5.74) is -1.38. The molecule has 2 aliphatic carbocycles. The molecule has 1 aromatic rings. The van der Waals surface area contributed by atoms with Gasteiger partial charge in [0.15, 0.2) is 9.84 Å². The molecule has 33 heavy (non-hydrogen) atoms. The topological polar surface area (TPSA) is 46.6 Å². The Hall–Kier alpha value is -1.19. The lowest BCUT2D eigenvalue weighted by molar-refractivity contribution is -0.192. The molecule has 1 saturated heterocycles. The number of likely N-dealkylation sites (tertiary alicyclic amines) is 1. The zero-order valence-electron chi connectivity index (χ0n) is 19.2. The van der Waals surface area contributed by atoms with Crippen LogP contribution in [0.1, 0.15) is 57.8 Å². The lowest BCUT2D eigenvalue weighted by Gasteiger charge is -2.35. The molecule has 4 nitrogen and oxygen atoms in total. The number of hydrogen-bond donors (Lipinski definition) is 0. The molecule has 0 N–H and O–H groups in total. The number of halogens is 4. The Morgan fingerprint density at radius 2 is 1.70 bits per heavy atom. The van der Waals surface area contributed by atoms with Gasteiger partial charge in [0.1, 0.15) is 5.82 Å². The van der Waals surface area contributed by atoms with Crippen LogP contribution in [0.5, 0.6) is 0 Å². The summed E-state index contributed by atoms with van der Waals surface area (Å²) >= 11 is 0. The summed E-state index contributed by atoms with van der Waals surface area (Å²) < 4.78 is 79.1. The van der Waals surface area contributed by atoms with Crippen LogP contribution in [-0.2, 0) is 14.6 Å². The lowest BCUT2D eigenvalue weighted by atomic mass is 9.95. The van der Waals surface area contributed by atoms with Crippen LogP contribution in [0.3, 0.4) is 0 Å². The van der Waals surface area contributed by atoms with Gasteiger partial charge >= 0.3 is 6.18 Å². The third kappa shape index (κ3) is 7.92. The van der Waals surface area contributed by atoms with E-state index in [1.807, 2.05) is 4.90 Å².